The van der Waals surface area contributed by atoms with Gasteiger partial charge in [-0.25, -0.2) is 0 Å². The van der Waals surface area contributed by atoms with E-state index in [-0.39, 0.29) is 24.8 Å². The summed E-state index contributed by atoms with van der Waals surface area (Å²) >= 11 is 0. The monoisotopic (exact) mass is 291 g/mol. The third kappa shape index (κ3) is 3.65. The Morgan fingerprint density at radius 2 is 1.84 bits per heavy atom. The van der Waals surface area contributed by atoms with Crippen molar-refractivity contribution in [2.45, 2.75) is 19.9 Å². The van der Waals surface area contributed by atoms with Crippen molar-refractivity contribution in [3.05, 3.63) is 17.7 Å². The number of hydrogen-bond donors (Lipinski definition) is 3. The Morgan fingerprint density at radius 1 is 1.26 bits per heavy atom. The minimum Gasteiger partial charge on any atom is -0.507 e. The van der Waals surface area contributed by atoms with Gasteiger partial charge in [0.2, 0.25) is 0 Å². The lowest BCUT2D eigenvalue weighted by Crippen LogP contribution is -2.32. The Bertz CT molecular complexity index is 423. The van der Waals surface area contributed by atoms with E-state index in [9.17, 15) is 10.2 Å². The number of ether oxygens (including phenoxy) is 2. The molecule has 0 saturated carbocycles. The van der Waals surface area contributed by atoms with Crippen LogP contribution < -0.4 is 15.2 Å². The van der Waals surface area contributed by atoms with Crippen LogP contribution in [0.2, 0.25) is 0 Å². The van der Waals surface area contributed by atoms with Crippen LogP contribution in [0.1, 0.15) is 25.5 Å². The molecule has 0 radical (unpaired) electrons. The largest absolute Gasteiger partial charge is 0.507 e. The first-order valence-electron chi connectivity index (χ1n) is 5.68. The second-order valence-electron chi connectivity index (χ2n) is 4.89. The van der Waals surface area contributed by atoms with Crippen LogP contribution in [0.4, 0.5) is 0 Å². The lowest BCUT2D eigenvalue weighted by molar-refractivity contribution is 0.130. The summed E-state index contributed by atoms with van der Waals surface area (Å²) in [7, 11) is 3.00. The fourth-order valence-electron chi connectivity index (χ4n) is 1.68. The van der Waals surface area contributed by atoms with Gasteiger partial charge in [-0.1, -0.05) is 13.8 Å². The van der Waals surface area contributed by atoms with E-state index in [4.69, 9.17) is 15.2 Å². The third-order valence-corrected chi connectivity index (χ3v) is 3.11. The molecule has 0 spiro atoms. The van der Waals surface area contributed by atoms with E-state index in [1.165, 1.54) is 20.3 Å². The molecule has 19 heavy (non-hydrogen) atoms. The Labute approximate surface area is 119 Å². The molecule has 5 nitrogen and oxygen atoms in total. The molecular formula is C13H22ClNO4. The van der Waals surface area contributed by atoms with Crippen LogP contribution in [-0.4, -0.2) is 31.0 Å². The van der Waals surface area contributed by atoms with Crippen LogP contribution >= 0.6 is 12.4 Å². The molecule has 110 valence electrons. The van der Waals surface area contributed by atoms with Gasteiger partial charge < -0.3 is 25.4 Å². The van der Waals surface area contributed by atoms with E-state index in [0.29, 0.717) is 17.1 Å². The summed E-state index contributed by atoms with van der Waals surface area (Å²) in [5.41, 5.74) is 6.01. The van der Waals surface area contributed by atoms with E-state index in [1.807, 2.05) is 13.8 Å². The lowest BCUT2D eigenvalue weighted by Gasteiger charge is -2.31. The van der Waals surface area contributed by atoms with Gasteiger partial charge in [0.05, 0.1) is 19.8 Å². The van der Waals surface area contributed by atoms with Crippen LogP contribution in [0, 0.1) is 5.41 Å². The maximum Gasteiger partial charge on any atom is 0.131 e. The molecule has 0 aliphatic heterocycles. The number of aromatic hydroxyl groups is 1. The molecule has 0 heterocycles. The number of nitrogens with two attached hydrogens (primary N) is 1. The summed E-state index contributed by atoms with van der Waals surface area (Å²) < 4.78 is 10.3. The Morgan fingerprint density at radius 3 is 2.26 bits per heavy atom. The van der Waals surface area contributed by atoms with Crippen molar-refractivity contribution in [3.8, 4) is 17.2 Å². The summed E-state index contributed by atoms with van der Waals surface area (Å²) in [4.78, 5) is 0. The molecule has 0 amide bonds. The van der Waals surface area contributed by atoms with Gasteiger partial charge in [0.25, 0.3) is 0 Å². The molecule has 1 rings (SSSR count). The molecule has 1 atom stereocenters. The second-order valence-corrected chi connectivity index (χ2v) is 4.89. The van der Waals surface area contributed by atoms with Crippen molar-refractivity contribution in [1.82, 2.24) is 0 Å². The number of hydrogen-bond acceptors (Lipinski definition) is 5. The zero-order valence-electron chi connectivity index (χ0n) is 11.6. The normalized spacial score (nSPS) is 12.5. The molecular weight excluding hydrogens is 270 g/mol. The summed E-state index contributed by atoms with van der Waals surface area (Å²) in [5.74, 6) is 0.934. The highest BCUT2D eigenvalue weighted by Gasteiger charge is 2.31. The van der Waals surface area contributed by atoms with E-state index < -0.39 is 11.5 Å². The van der Waals surface area contributed by atoms with Crippen molar-refractivity contribution in [3.63, 3.8) is 0 Å². The highest BCUT2D eigenvalue weighted by molar-refractivity contribution is 5.85. The zero-order valence-corrected chi connectivity index (χ0v) is 12.5. The number of rotatable bonds is 5. The van der Waals surface area contributed by atoms with Gasteiger partial charge in [-0.2, -0.15) is 0 Å². The summed E-state index contributed by atoms with van der Waals surface area (Å²) in [5, 5.41) is 19.4. The maximum absolute atomic E-state index is 10.0. The summed E-state index contributed by atoms with van der Waals surface area (Å²) in [6.07, 6.45) is 0. The predicted octanol–water partition coefficient (Wildman–Crippen LogP) is 1.85. The van der Waals surface area contributed by atoms with E-state index in [2.05, 4.69) is 0 Å². The van der Waals surface area contributed by atoms with Gasteiger partial charge in [-0.3, -0.25) is 0 Å². The van der Waals surface area contributed by atoms with Crippen LogP contribution in [0.15, 0.2) is 12.1 Å². The molecule has 1 aromatic carbocycles. The number of benzene rings is 1. The van der Waals surface area contributed by atoms with Crippen molar-refractivity contribution >= 4 is 12.4 Å². The van der Waals surface area contributed by atoms with Crippen molar-refractivity contribution < 1.29 is 19.7 Å². The molecule has 6 heteroatoms. The van der Waals surface area contributed by atoms with E-state index in [1.54, 1.807) is 6.07 Å². The molecule has 0 aliphatic rings. The molecule has 0 saturated heterocycles. The molecule has 4 N–H and O–H groups in total. The standard InChI is InChI=1S/C13H21NO4.ClH/c1-13(2,7-15)12(14)11-9(16)5-8(17-3)6-10(11)18-4;/h5-6,12,15-16H,7,14H2,1-4H3;1H/t12-;/m0./s1. The fourth-order valence-corrected chi connectivity index (χ4v) is 1.68. The number of phenols is 1. The highest BCUT2D eigenvalue weighted by Crippen LogP contribution is 2.42. The van der Waals surface area contributed by atoms with Crippen LogP contribution in [0.3, 0.4) is 0 Å². The Balaban J connectivity index is 0.00000324. The quantitative estimate of drug-likeness (QED) is 0.771. The predicted molar refractivity (Wildman–Crippen MR) is 76.3 cm³/mol. The smallest absolute Gasteiger partial charge is 0.131 e. The first-order valence-corrected chi connectivity index (χ1v) is 5.68. The van der Waals surface area contributed by atoms with Crippen molar-refractivity contribution in [2.75, 3.05) is 20.8 Å². The topological polar surface area (TPSA) is 84.9 Å². The van der Waals surface area contributed by atoms with Gasteiger partial charge in [-0.15, -0.1) is 12.4 Å². The number of halogens is 1. The van der Waals surface area contributed by atoms with Crippen LogP contribution in [-0.2, 0) is 0 Å². The van der Waals surface area contributed by atoms with Crippen molar-refractivity contribution in [1.29, 1.82) is 0 Å². The molecule has 1 aromatic rings. The molecule has 0 aliphatic carbocycles. The number of aliphatic hydroxyl groups is 1. The minimum atomic E-state index is -0.570. The molecule has 0 aromatic heterocycles. The zero-order chi connectivity index (χ0) is 13.9. The third-order valence-electron chi connectivity index (χ3n) is 3.11. The second kappa shape index (κ2) is 6.84. The van der Waals surface area contributed by atoms with Gasteiger partial charge in [0.15, 0.2) is 0 Å². The van der Waals surface area contributed by atoms with E-state index >= 15 is 0 Å². The van der Waals surface area contributed by atoms with Crippen molar-refractivity contribution in [2.24, 2.45) is 11.1 Å². The Kier molecular flexibility index (Phi) is 6.42. The molecule has 0 fully saturated rings. The lowest BCUT2D eigenvalue weighted by atomic mass is 9.81. The van der Waals surface area contributed by atoms with Gasteiger partial charge in [0, 0.05) is 30.2 Å². The SMILES string of the molecule is COc1cc(O)c([C@H](N)C(C)(C)CO)c(OC)c1.Cl. The number of aliphatic hydroxyl groups excluding tert-OH is 1. The average molecular weight is 292 g/mol. The Hall–Kier alpha value is -1.17. The van der Waals surface area contributed by atoms with Gasteiger partial charge in [0.1, 0.15) is 17.2 Å². The summed E-state index contributed by atoms with van der Waals surface area (Å²) in [6, 6.07) is 2.58. The minimum absolute atomic E-state index is 0. The molecule has 0 unspecified atom stereocenters. The fraction of sp³-hybridized carbons (Fsp3) is 0.538. The highest BCUT2D eigenvalue weighted by atomic mass is 35.5. The van der Waals surface area contributed by atoms with Gasteiger partial charge >= 0.3 is 0 Å². The first-order chi connectivity index (χ1) is 8.37. The van der Waals surface area contributed by atoms with Gasteiger partial charge in [-0.05, 0) is 0 Å². The maximum atomic E-state index is 10.0. The van der Waals surface area contributed by atoms with E-state index in [0.717, 1.165) is 0 Å². The van der Waals surface area contributed by atoms with Crippen LogP contribution in [0.25, 0.3) is 0 Å². The first kappa shape index (κ1) is 17.8. The average Bonchev–Trinajstić information content (AvgIpc) is 2.36. The molecule has 0 bridgehead atoms. The number of methoxy groups -OCH3 is 2. The summed E-state index contributed by atoms with van der Waals surface area (Å²) in [6.45, 7) is 3.55. The van der Waals surface area contributed by atoms with Crippen LogP contribution in [0.5, 0.6) is 17.2 Å². The number of phenolic OH excluding ortho intramolecular Hbond substituents is 1.